The van der Waals surface area contributed by atoms with E-state index in [9.17, 15) is 0 Å². The molecule has 0 aliphatic carbocycles. The third-order valence-electron chi connectivity index (χ3n) is 1.97. The predicted molar refractivity (Wildman–Crippen MR) is 64.0 cm³/mol. The van der Waals surface area contributed by atoms with Gasteiger partial charge in [0.25, 0.3) is 0 Å². The molecule has 16 heavy (non-hydrogen) atoms. The van der Waals surface area contributed by atoms with Gasteiger partial charge in [0.15, 0.2) is 0 Å². The minimum atomic E-state index is 0.0142. The minimum absolute atomic E-state index is 0.0142. The van der Waals surface area contributed by atoms with Crippen LogP contribution >= 0.6 is 0 Å². The van der Waals surface area contributed by atoms with Crippen molar-refractivity contribution in [2.24, 2.45) is 5.73 Å². The number of nitrogens with two attached hydrogens (primary N) is 1. The van der Waals surface area contributed by atoms with E-state index in [1.807, 2.05) is 26.0 Å². The highest BCUT2D eigenvalue weighted by molar-refractivity contribution is 5.97. The zero-order valence-corrected chi connectivity index (χ0v) is 9.69. The highest BCUT2D eigenvalue weighted by Crippen LogP contribution is 2.16. The molecule has 0 spiro atoms. The molecule has 1 aromatic carbocycles. The zero-order valence-electron chi connectivity index (χ0n) is 9.69. The molecule has 1 rings (SSSR count). The van der Waals surface area contributed by atoms with Crippen LogP contribution < -0.4 is 10.5 Å². The van der Waals surface area contributed by atoms with Gasteiger partial charge in [0.05, 0.1) is 18.3 Å². The number of amidine groups is 1. The molecule has 0 saturated heterocycles. The molecule has 0 bridgehead atoms. The summed E-state index contributed by atoms with van der Waals surface area (Å²) < 4.78 is 10.9. The Labute approximate surface area is 95.9 Å². The molecule has 0 atom stereocenters. The van der Waals surface area contributed by atoms with Crippen LogP contribution in [0.15, 0.2) is 24.3 Å². The fraction of sp³-hybridized carbons (Fsp3) is 0.417. The Balaban J connectivity index is 2.50. The average Bonchev–Trinajstić information content (AvgIpc) is 2.24. The smallest absolute Gasteiger partial charge is 0.130 e. The van der Waals surface area contributed by atoms with Crippen LogP contribution in [0.5, 0.6) is 5.75 Å². The van der Waals surface area contributed by atoms with E-state index in [2.05, 4.69) is 0 Å². The van der Waals surface area contributed by atoms with Crippen molar-refractivity contribution in [2.75, 3.05) is 13.2 Å². The lowest BCUT2D eigenvalue weighted by molar-refractivity contribution is 0.0552. The summed E-state index contributed by atoms with van der Waals surface area (Å²) in [4.78, 5) is 0. The quantitative estimate of drug-likeness (QED) is 0.438. The van der Waals surface area contributed by atoms with Crippen molar-refractivity contribution in [1.29, 1.82) is 5.41 Å². The van der Waals surface area contributed by atoms with Crippen molar-refractivity contribution < 1.29 is 9.47 Å². The highest BCUT2D eigenvalue weighted by atomic mass is 16.5. The van der Waals surface area contributed by atoms with Gasteiger partial charge in [-0.2, -0.15) is 0 Å². The third-order valence-corrected chi connectivity index (χ3v) is 1.97. The SMILES string of the molecule is CC(C)OCCOc1ccccc1C(=N)N. The number of rotatable bonds is 6. The molecular formula is C12H18N2O2. The first-order valence-electron chi connectivity index (χ1n) is 5.29. The molecule has 0 saturated carbocycles. The van der Waals surface area contributed by atoms with E-state index in [1.54, 1.807) is 12.1 Å². The first-order chi connectivity index (χ1) is 7.61. The summed E-state index contributed by atoms with van der Waals surface area (Å²) in [6.07, 6.45) is 0.201. The van der Waals surface area contributed by atoms with Gasteiger partial charge in [0.1, 0.15) is 18.2 Å². The fourth-order valence-electron chi connectivity index (χ4n) is 1.25. The van der Waals surface area contributed by atoms with Gasteiger partial charge in [-0.25, -0.2) is 0 Å². The summed E-state index contributed by atoms with van der Waals surface area (Å²) in [6, 6.07) is 7.24. The van der Waals surface area contributed by atoms with Gasteiger partial charge in [-0.15, -0.1) is 0 Å². The van der Waals surface area contributed by atoms with Crippen LogP contribution in [0.3, 0.4) is 0 Å². The third kappa shape index (κ3) is 3.90. The van der Waals surface area contributed by atoms with E-state index in [1.165, 1.54) is 0 Å². The first-order valence-corrected chi connectivity index (χ1v) is 5.29. The molecule has 0 aromatic heterocycles. The first kappa shape index (κ1) is 12.5. The normalized spacial score (nSPS) is 10.4. The van der Waals surface area contributed by atoms with E-state index >= 15 is 0 Å². The lowest BCUT2D eigenvalue weighted by atomic mass is 10.2. The van der Waals surface area contributed by atoms with Crippen LogP contribution in [0.25, 0.3) is 0 Å². The number of hydrogen-bond acceptors (Lipinski definition) is 3. The van der Waals surface area contributed by atoms with E-state index in [0.717, 1.165) is 0 Å². The standard InChI is InChI=1S/C12H18N2O2/c1-9(2)15-7-8-16-11-6-4-3-5-10(11)12(13)14/h3-6,9H,7-8H2,1-2H3,(H3,13,14). The number of nitrogen functional groups attached to an aromatic ring is 1. The van der Waals surface area contributed by atoms with Crippen molar-refractivity contribution >= 4 is 5.84 Å². The zero-order chi connectivity index (χ0) is 12.0. The van der Waals surface area contributed by atoms with Crippen LogP contribution in [0.1, 0.15) is 19.4 Å². The molecule has 4 heteroatoms. The Bertz CT molecular complexity index is 351. The molecule has 0 heterocycles. The molecule has 0 unspecified atom stereocenters. The lowest BCUT2D eigenvalue weighted by Gasteiger charge is -2.11. The largest absolute Gasteiger partial charge is 0.490 e. The van der Waals surface area contributed by atoms with Gasteiger partial charge in [-0.1, -0.05) is 12.1 Å². The monoisotopic (exact) mass is 222 g/mol. The molecule has 88 valence electrons. The van der Waals surface area contributed by atoms with Crippen LogP contribution in [0.4, 0.5) is 0 Å². The summed E-state index contributed by atoms with van der Waals surface area (Å²) in [5.41, 5.74) is 6.06. The maximum Gasteiger partial charge on any atom is 0.130 e. The van der Waals surface area contributed by atoms with Crippen LogP contribution in [-0.2, 0) is 4.74 Å². The van der Waals surface area contributed by atoms with E-state index in [-0.39, 0.29) is 11.9 Å². The Morgan fingerprint density at radius 2 is 2.00 bits per heavy atom. The van der Waals surface area contributed by atoms with Gasteiger partial charge >= 0.3 is 0 Å². The Kier molecular flexibility index (Phi) is 4.79. The molecule has 0 radical (unpaired) electrons. The number of nitrogens with one attached hydrogen (secondary N) is 1. The maximum atomic E-state index is 7.39. The topological polar surface area (TPSA) is 68.3 Å². The lowest BCUT2D eigenvalue weighted by Crippen LogP contribution is -2.15. The molecule has 0 aliphatic rings. The Hall–Kier alpha value is -1.55. The second kappa shape index (κ2) is 6.12. The molecule has 1 aromatic rings. The van der Waals surface area contributed by atoms with Crippen molar-refractivity contribution in [3.8, 4) is 5.75 Å². The van der Waals surface area contributed by atoms with Crippen LogP contribution in [0.2, 0.25) is 0 Å². The van der Waals surface area contributed by atoms with Crippen molar-refractivity contribution in [3.05, 3.63) is 29.8 Å². The second-order valence-corrected chi connectivity index (χ2v) is 3.68. The highest BCUT2D eigenvalue weighted by Gasteiger charge is 2.05. The molecule has 0 amide bonds. The summed E-state index contributed by atoms with van der Waals surface area (Å²) >= 11 is 0. The molecule has 4 nitrogen and oxygen atoms in total. The fourth-order valence-corrected chi connectivity index (χ4v) is 1.25. The summed E-state index contributed by atoms with van der Waals surface area (Å²) in [7, 11) is 0. The Morgan fingerprint density at radius 1 is 1.31 bits per heavy atom. The van der Waals surface area contributed by atoms with Gasteiger partial charge in [0, 0.05) is 0 Å². The van der Waals surface area contributed by atoms with Crippen molar-refractivity contribution in [3.63, 3.8) is 0 Å². The van der Waals surface area contributed by atoms with Crippen LogP contribution in [0, 0.1) is 5.41 Å². The number of para-hydroxylation sites is 1. The average molecular weight is 222 g/mol. The van der Waals surface area contributed by atoms with E-state index < -0.39 is 0 Å². The van der Waals surface area contributed by atoms with Crippen molar-refractivity contribution in [2.45, 2.75) is 20.0 Å². The summed E-state index contributed by atoms with van der Waals surface area (Å²) in [5.74, 6) is 0.641. The summed E-state index contributed by atoms with van der Waals surface area (Å²) in [5, 5.41) is 7.39. The number of hydrogen-bond donors (Lipinski definition) is 2. The van der Waals surface area contributed by atoms with Crippen LogP contribution in [-0.4, -0.2) is 25.2 Å². The maximum absolute atomic E-state index is 7.39. The molecular weight excluding hydrogens is 204 g/mol. The second-order valence-electron chi connectivity index (χ2n) is 3.68. The molecule has 0 aliphatic heterocycles. The van der Waals surface area contributed by atoms with Gasteiger partial charge < -0.3 is 15.2 Å². The van der Waals surface area contributed by atoms with Gasteiger partial charge in [0.2, 0.25) is 0 Å². The Morgan fingerprint density at radius 3 is 2.62 bits per heavy atom. The van der Waals surface area contributed by atoms with Gasteiger partial charge in [-0.05, 0) is 26.0 Å². The van der Waals surface area contributed by atoms with Crippen molar-refractivity contribution in [1.82, 2.24) is 0 Å². The van der Waals surface area contributed by atoms with E-state index in [0.29, 0.717) is 24.5 Å². The molecule has 0 fully saturated rings. The predicted octanol–water partition coefficient (Wildman–Crippen LogP) is 1.77. The summed E-state index contributed by atoms with van der Waals surface area (Å²) in [6.45, 7) is 4.94. The number of benzene rings is 1. The number of ether oxygens (including phenoxy) is 2. The molecule has 3 N–H and O–H groups in total. The van der Waals surface area contributed by atoms with E-state index in [4.69, 9.17) is 20.6 Å². The minimum Gasteiger partial charge on any atom is -0.490 e. The van der Waals surface area contributed by atoms with Gasteiger partial charge in [-0.3, -0.25) is 5.41 Å².